The Labute approximate surface area is 407 Å². The zero-order valence-electron chi connectivity index (χ0n) is 37.6. The molecule has 0 saturated heterocycles. The summed E-state index contributed by atoms with van der Waals surface area (Å²) >= 11 is 0. The minimum absolute atomic E-state index is 0.242. The number of aromatic nitrogens is 5. The topological polar surface area (TPSA) is 72.3 Å². The molecular weight excluding hydrogens is 919 g/mol. The van der Waals surface area contributed by atoms with Crippen LogP contribution in [0.25, 0.3) is 111 Å². The largest absolute Gasteiger partial charge is 0.416 e. The molecule has 0 atom stereocenters. The molecule has 0 radical (unpaired) electrons. The van der Waals surface area contributed by atoms with E-state index in [9.17, 15) is 31.6 Å². The predicted molar refractivity (Wildman–Crippen MR) is 270 cm³/mol. The highest BCUT2D eigenvalue weighted by Crippen LogP contribution is 2.46. The summed E-state index contributed by atoms with van der Waals surface area (Å²) in [5.41, 5.74) is 6.82. The predicted octanol–water partition coefficient (Wildman–Crippen LogP) is 16.3. The molecule has 9 aromatic carbocycles. The average molecular weight is 953 g/mol. The summed E-state index contributed by atoms with van der Waals surface area (Å²) in [6.07, 6.45) is -9.20. The van der Waals surface area contributed by atoms with Crippen LogP contribution in [0.2, 0.25) is 0 Å². The van der Waals surface area contributed by atoms with E-state index in [1.807, 2.05) is 137 Å². The van der Waals surface area contributed by atoms with Crippen LogP contribution in [0.5, 0.6) is 0 Å². The molecule has 0 bridgehead atoms. The lowest BCUT2D eigenvalue weighted by Crippen LogP contribution is -2.07. The zero-order chi connectivity index (χ0) is 49.3. The number of benzene rings is 9. The molecule has 0 N–H and O–H groups in total. The normalized spacial score (nSPS) is 12.0. The van der Waals surface area contributed by atoms with E-state index in [4.69, 9.17) is 15.0 Å². The fourth-order valence-electron chi connectivity index (χ4n) is 9.82. The minimum Gasteiger partial charge on any atom is -0.309 e. The van der Waals surface area contributed by atoms with Crippen LogP contribution in [0.15, 0.2) is 206 Å². The fraction of sp³-hybridized carbons (Fsp3) is 0.0333. The van der Waals surface area contributed by atoms with Crippen LogP contribution in [0, 0.1) is 11.3 Å². The van der Waals surface area contributed by atoms with Gasteiger partial charge in [-0.05, 0) is 95.6 Å². The third kappa shape index (κ3) is 7.50. The zero-order valence-corrected chi connectivity index (χ0v) is 37.6. The number of halogens is 6. The van der Waals surface area contributed by atoms with Crippen molar-refractivity contribution in [3.8, 4) is 73.9 Å². The Morgan fingerprint density at radius 2 is 0.833 bits per heavy atom. The van der Waals surface area contributed by atoms with Crippen LogP contribution in [-0.2, 0) is 12.4 Å². The van der Waals surface area contributed by atoms with Crippen molar-refractivity contribution in [2.75, 3.05) is 0 Å². The molecule has 3 heterocycles. The summed E-state index contributed by atoms with van der Waals surface area (Å²) < 4.78 is 90.4. The van der Waals surface area contributed by atoms with Crippen LogP contribution in [-0.4, -0.2) is 24.1 Å². The van der Waals surface area contributed by atoms with Crippen molar-refractivity contribution in [1.82, 2.24) is 24.1 Å². The molecule has 0 spiro atoms. The van der Waals surface area contributed by atoms with Gasteiger partial charge in [0.05, 0.1) is 61.8 Å². The molecular formula is C60H34F6N6. The van der Waals surface area contributed by atoms with Crippen molar-refractivity contribution in [2.45, 2.75) is 12.4 Å². The Morgan fingerprint density at radius 3 is 1.39 bits per heavy atom. The van der Waals surface area contributed by atoms with E-state index in [-0.39, 0.29) is 5.82 Å². The van der Waals surface area contributed by atoms with Crippen molar-refractivity contribution in [3.63, 3.8) is 0 Å². The van der Waals surface area contributed by atoms with E-state index in [2.05, 4.69) is 6.07 Å². The molecule has 0 saturated carbocycles. The van der Waals surface area contributed by atoms with Gasteiger partial charge in [0.2, 0.25) is 0 Å². The maximum Gasteiger partial charge on any atom is 0.416 e. The van der Waals surface area contributed by atoms with Gasteiger partial charge in [-0.25, -0.2) is 15.0 Å². The van der Waals surface area contributed by atoms with Crippen molar-refractivity contribution >= 4 is 43.6 Å². The Bertz CT molecular complexity index is 4090. The first-order valence-electron chi connectivity index (χ1n) is 22.8. The molecule has 12 heteroatoms. The number of hydrogen-bond acceptors (Lipinski definition) is 4. The second kappa shape index (κ2) is 17.0. The second-order valence-corrected chi connectivity index (χ2v) is 17.3. The lowest BCUT2D eigenvalue weighted by molar-refractivity contribution is -0.138. The minimum atomic E-state index is -4.61. The molecule has 346 valence electrons. The van der Waals surface area contributed by atoms with Crippen LogP contribution < -0.4 is 0 Å². The Morgan fingerprint density at radius 1 is 0.361 bits per heavy atom. The Kier molecular flexibility index (Phi) is 10.3. The summed E-state index contributed by atoms with van der Waals surface area (Å²) in [7, 11) is 0. The van der Waals surface area contributed by atoms with Gasteiger partial charge in [-0.2, -0.15) is 31.6 Å². The highest BCUT2D eigenvalue weighted by molar-refractivity contribution is 6.12. The van der Waals surface area contributed by atoms with Gasteiger partial charge in [-0.3, -0.25) is 0 Å². The maximum atomic E-state index is 14.4. The van der Waals surface area contributed by atoms with Crippen LogP contribution in [0.3, 0.4) is 0 Å². The van der Waals surface area contributed by atoms with Gasteiger partial charge in [0.15, 0.2) is 17.5 Å². The molecule has 0 aliphatic carbocycles. The van der Waals surface area contributed by atoms with Gasteiger partial charge in [-0.1, -0.05) is 127 Å². The molecule has 6 nitrogen and oxygen atoms in total. The standard InChI is InChI=1S/C60H34F6N6/c61-59(62,63)41-26-29-52-47(33-41)43-19-7-9-22-49(43)71(52)51-28-25-40(39-18-11-13-36(31-39)35-67)32-46(51)45-21-12-24-54(72-50-23-10-8-20-44(50)48-34-42(60(64,65)66)27-30-53(48)72)55(45)58-69-56(37-14-3-1-4-15-37)68-57(70-58)38-16-5-2-6-17-38/h1-34H. The first kappa shape index (κ1) is 43.9. The molecule has 12 rings (SSSR count). The van der Waals surface area contributed by atoms with E-state index in [1.54, 1.807) is 42.5 Å². The van der Waals surface area contributed by atoms with Crippen molar-refractivity contribution in [1.29, 1.82) is 5.26 Å². The van der Waals surface area contributed by atoms with E-state index in [0.29, 0.717) is 100 Å². The number of nitrogens with zero attached hydrogens (tertiary/aromatic N) is 6. The van der Waals surface area contributed by atoms with Gasteiger partial charge in [0.1, 0.15) is 0 Å². The van der Waals surface area contributed by atoms with Gasteiger partial charge in [0.25, 0.3) is 0 Å². The molecule has 12 aromatic rings. The average Bonchev–Trinajstić information content (AvgIpc) is 3.92. The second-order valence-electron chi connectivity index (χ2n) is 17.3. The summed E-state index contributed by atoms with van der Waals surface area (Å²) in [5.74, 6) is 0.968. The highest BCUT2D eigenvalue weighted by atomic mass is 19.4. The quantitative estimate of drug-likeness (QED) is 0.149. The molecule has 0 aliphatic rings. The van der Waals surface area contributed by atoms with E-state index >= 15 is 0 Å². The smallest absolute Gasteiger partial charge is 0.309 e. The van der Waals surface area contributed by atoms with E-state index < -0.39 is 23.5 Å². The number of rotatable bonds is 7. The summed E-state index contributed by atoms with van der Waals surface area (Å²) in [6.45, 7) is 0. The summed E-state index contributed by atoms with van der Waals surface area (Å²) in [6, 6.07) is 61.9. The summed E-state index contributed by atoms with van der Waals surface area (Å²) in [4.78, 5) is 15.5. The molecule has 0 aliphatic heterocycles. The molecule has 3 aromatic heterocycles. The molecule has 0 amide bonds. The molecule has 0 fully saturated rings. The van der Waals surface area contributed by atoms with E-state index in [1.165, 1.54) is 24.3 Å². The van der Waals surface area contributed by atoms with Gasteiger partial charge < -0.3 is 9.13 Å². The SMILES string of the molecule is N#Cc1cccc(-c2ccc(-n3c4ccccc4c4cc(C(F)(F)F)ccc43)c(-c3cccc(-n4c5ccccc5c5cc(C(F)(F)F)ccc54)c3-c3nc(-c4ccccc4)nc(-c4ccccc4)n3)c2)c1. The Hall–Kier alpha value is -9.34. The fourth-order valence-corrected chi connectivity index (χ4v) is 9.82. The van der Waals surface area contributed by atoms with Crippen molar-refractivity contribution < 1.29 is 26.3 Å². The van der Waals surface area contributed by atoms with Crippen LogP contribution in [0.1, 0.15) is 16.7 Å². The monoisotopic (exact) mass is 952 g/mol. The number of hydrogen-bond donors (Lipinski definition) is 0. The number of para-hydroxylation sites is 2. The third-order valence-electron chi connectivity index (χ3n) is 13.1. The lowest BCUT2D eigenvalue weighted by atomic mass is 9.92. The highest BCUT2D eigenvalue weighted by Gasteiger charge is 2.33. The first-order chi connectivity index (χ1) is 34.9. The van der Waals surface area contributed by atoms with Gasteiger partial charge in [-0.15, -0.1) is 0 Å². The van der Waals surface area contributed by atoms with Crippen LogP contribution >= 0.6 is 0 Å². The van der Waals surface area contributed by atoms with Gasteiger partial charge >= 0.3 is 12.4 Å². The van der Waals surface area contributed by atoms with Crippen molar-refractivity contribution in [3.05, 3.63) is 223 Å². The maximum absolute atomic E-state index is 14.4. The van der Waals surface area contributed by atoms with Gasteiger partial charge in [0, 0.05) is 38.2 Å². The molecule has 72 heavy (non-hydrogen) atoms. The lowest BCUT2D eigenvalue weighted by Gasteiger charge is -2.21. The first-order valence-corrected chi connectivity index (χ1v) is 22.8. The van der Waals surface area contributed by atoms with Crippen LogP contribution in [0.4, 0.5) is 26.3 Å². The Balaban J connectivity index is 1.24. The van der Waals surface area contributed by atoms with E-state index in [0.717, 1.165) is 23.3 Å². The number of fused-ring (bicyclic) bond motifs is 6. The number of alkyl halides is 6. The third-order valence-corrected chi connectivity index (χ3v) is 13.1. The van der Waals surface area contributed by atoms with Crippen molar-refractivity contribution in [2.24, 2.45) is 0 Å². The molecule has 0 unspecified atom stereocenters. The number of nitriles is 1. The summed E-state index contributed by atoms with van der Waals surface area (Å²) in [5, 5.41) is 11.9.